The molecule has 0 amide bonds. The molecule has 0 spiro atoms. The van der Waals surface area contributed by atoms with Crippen molar-refractivity contribution in [2.45, 2.75) is 12.5 Å². The maximum absolute atomic E-state index is 13.6. The van der Waals surface area contributed by atoms with Crippen LogP contribution in [0.3, 0.4) is 0 Å². The molecule has 0 fully saturated rings. The molecule has 0 aliphatic rings. The van der Waals surface area contributed by atoms with E-state index in [1.54, 1.807) is 18.2 Å². The smallest absolute Gasteiger partial charge is 0.237 e. The Morgan fingerprint density at radius 1 is 1.00 bits per heavy atom. The molecule has 5 heteroatoms. The van der Waals surface area contributed by atoms with Gasteiger partial charge in [0, 0.05) is 0 Å². The summed E-state index contributed by atoms with van der Waals surface area (Å²) in [5.74, 6) is 0.388. The van der Waals surface area contributed by atoms with Crippen LogP contribution in [0, 0.1) is 5.82 Å². The Labute approximate surface area is 121 Å². The van der Waals surface area contributed by atoms with Crippen LogP contribution in [-0.2, 0) is 6.42 Å². The Morgan fingerprint density at radius 3 is 2.48 bits per heavy atom. The Kier molecular flexibility index (Phi) is 3.75. The van der Waals surface area contributed by atoms with E-state index in [2.05, 4.69) is 10.2 Å². The Bertz CT molecular complexity index is 727. The third-order valence-electron chi connectivity index (χ3n) is 3.21. The number of nitrogens with zero attached hydrogens (tertiary/aromatic N) is 2. The van der Waals surface area contributed by atoms with E-state index in [9.17, 15) is 4.39 Å². The molecule has 1 heterocycles. The number of aromatic nitrogens is 2. The summed E-state index contributed by atoms with van der Waals surface area (Å²) in [5.41, 5.74) is 7.48. The number of benzene rings is 2. The quantitative estimate of drug-likeness (QED) is 0.799. The van der Waals surface area contributed by atoms with Crippen molar-refractivity contribution in [2.24, 2.45) is 5.73 Å². The average molecular weight is 283 g/mol. The lowest BCUT2D eigenvalue weighted by molar-refractivity contribution is 0.439. The molecular weight excluding hydrogens is 269 g/mol. The highest BCUT2D eigenvalue weighted by Gasteiger charge is 2.17. The molecular formula is C16H14FN3O. The lowest BCUT2D eigenvalue weighted by atomic mass is 10.1. The van der Waals surface area contributed by atoms with Gasteiger partial charge in [0.15, 0.2) is 0 Å². The summed E-state index contributed by atoms with van der Waals surface area (Å²) >= 11 is 0. The van der Waals surface area contributed by atoms with E-state index in [-0.39, 0.29) is 12.2 Å². The van der Waals surface area contributed by atoms with Crippen LogP contribution < -0.4 is 5.73 Å². The zero-order valence-electron chi connectivity index (χ0n) is 11.2. The third kappa shape index (κ3) is 2.98. The van der Waals surface area contributed by atoms with Crippen LogP contribution in [0.5, 0.6) is 0 Å². The number of hydrogen-bond donors (Lipinski definition) is 1. The SMILES string of the molecule is NC(c1ccccc1)c1nnc(Cc2ccccc2F)o1. The molecule has 0 aliphatic heterocycles. The van der Waals surface area contributed by atoms with Gasteiger partial charge >= 0.3 is 0 Å². The lowest BCUT2D eigenvalue weighted by Crippen LogP contribution is -2.11. The van der Waals surface area contributed by atoms with Crippen molar-refractivity contribution in [1.82, 2.24) is 10.2 Å². The highest BCUT2D eigenvalue weighted by atomic mass is 19.1. The van der Waals surface area contributed by atoms with Crippen molar-refractivity contribution >= 4 is 0 Å². The molecule has 21 heavy (non-hydrogen) atoms. The molecule has 0 saturated carbocycles. The van der Waals surface area contributed by atoms with Gasteiger partial charge in [0.2, 0.25) is 11.8 Å². The number of halogens is 1. The topological polar surface area (TPSA) is 64.9 Å². The third-order valence-corrected chi connectivity index (χ3v) is 3.21. The monoisotopic (exact) mass is 283 g/mol. The first-order chi connectivity index (χ1) is 10.2. The van der Waals surface area contributed by atoms with Crippen molar-refractivity contribution in [3.05, 3.63) is 83.3 Å². The van der Waals surface area contributed by atoms with E-state index in [0.29, 0.717) is 17.3 Å². The zero-order chi connectivity index (χ0) is 14.7. The normalized spacial score (nSPS) is 12.3. The van der Waals surface area contributed by atoms with Crippen LogP contribution in [0.15, 0.2) is 59.0 Å². The summed E-state index contributed by atoms with van der Waals surface area (Å²) in [6.45, 7) is 0. The predicted molar refractivity (Wildman–Crippen MR) is 76.0 cm³/mol. The minimum absolute atomic E-state index is 0.251. The second-order valence-corrected chi connectivity index (χ2v) is 4.69. The standard InChI is InChI=1S/C16H14FN3O/c17-13-9-5-4-8-12(13)10-14-19-20-16(21-14)15(18)11-6-2-1-3-7-11/h1-9,15H,10,18H2. The first-order valence-corrected chi connectivity index (χ1v) is 6.60. The van der Waals surface area contributed by atoms with Crippen LogP contribution in [0.4, 0.5) is 4.39 Å². The van der Waals surface area contributed by atoms with E-state index >= 15 is 0 Å². The Morgan fingerprint density at radius 2 is 1.71 bits per heavy atom. The van der Waals surface area contributed by atoms with Crippen molar-refractivity contribution in [2.75, 3.05) is 0 Å². The molecule has 4 nitrogen and oxygen atoms in total. The highest BCUT2D eigenvalue weighted by Crippen LogP contribution is 2.19. The summed E-state index contributed by atoms with van der Waals surface area (Å²) in [6, 6.07) is 15.5. The lowest BCUT2D eigenvalue weighted by Gasteiger charge is -2.06. The van der Waals surface area contributed by atoms with Gasteiger partial charge in [0.05, 0.1) is 6.42 Å². The minimum Gasteiger partial charge on any atom is -0.423 e. The van der Waals surface area contributed by atoms with Gasteiger partial charge in [-0.25, -0.2) is 4.39 Å². The van der Waals surface area contributed by atoms with Crippen LogP contribution in [0.25, 0.3) is 0 Å². The fourth-order valence-electron chi connectivity index (χ4n) is 2.07. The molecule has 0 radical (unpaired) electrons. The summed E-state index contributed by atoms with van der Waals surface area (Å²) in [5, 5.41) is 7.89. The molecule has 2 aromatic carbocycles. The summed E-state index contributed by atoms with van der Waals surface area (Å²) in [4.78, 5) is 0. The maximum Gasteiger partial charge on any atom is 0.237 e. The van der Waals surface area contributed by atoms with Gasteiger partial charge in [-0.3, -0.25) is 0 Å². The van der Waals surface area contributed by atoms with Gasteiger partial charge < -0.3 is 10.2 Å². The zero-order valence-corrected chi connectivity index (χ0v) is 11.2. The van der Waals surface area contributed by atoms with Crippen molar-refractivity contribution in [1.29, 1.82) is 0 Å². The van der Waals surface area contributed by atoms with Crippen LogP contribution in [0.2, 0.25) is 0 Å². The van der Waals surface area contributed by atoms with Crippen molar-refractivity contribution in [3.8, 4) is 0 Å². The van der Waals surface area contributed by atoms with Crippen LogP contribution >= 0.6 is 0 Å². The first kappa shape index (κ1) is 13.5. The summed E-state index contributed by atoms with van der Waals surface area (Å²) < 4.78 is 19.1. The van der Waals surface area contributed by atoms with Crippen LogP contribution in [0.1, 0.15) is 29.0 Å². The minimum atomic E-state index is -0.479. The highest BCUT2D eigenvalue weighted by molar-refractivity contribution is 5.23. The number of rotatable bonds is 4. The molecule has 0 aliphatic carbocycles. The Hall–Kier alpha value is -2.53. The van der Waals surface area contributed by atoms with Crippen molar-refractivity contribution in [3.63, 3.8) is 0 Å². The van der Waals surface area contributed by atoms with Gasteiger partial charge in [-0.05, 0) is 17.2 Å². The van der Waals surface area contributed by atoms with E-state index in [4.69, 9.17) is 10.2 Å². The van der Waals surface area contributed by atoms with Crippen molar-refractivity contribution < 1.29 is 8.81 Å². The fourth-order valence-corrected chi connectivity index (χ4v) is 2.07. The van der Waals surface area contributed by atoms with E-state index < -0.39 is 6.04 Å². The molecule has 0 saturated heterocycles. The second kappa shape index (κ2) is 5.85. The molecule has 0 bridgehead atoms. The molecule has 1 atom stereocenters. The number of nitrogens with two attached hydrogens (primary N) is 1. The Balaban J connectivity index is 1.79. The fraction of sp³-hybridized carbons (Fsp3) is 0.125. The van der Waals surface area contributed by atoms with Gasteiger partial charge in [-0.15, -0.1) is 10.2 Å². The van der Waals surface area contributed by atoms with Gasteiger partial charge in [-0.1, -0.05) is 48.5 Å². The maximum atomic E-state index is 13.6. The molecule has 2 N–H and O–H groups in total. The molecule has 3 aromatic rings. The number of hydrogen-bond acceptors (Lipinski definition) is 4. The van der Waals surface area contributed by atoms with E-state index in [1.807, 2.05) is 30.3 Å². The first-order valence-electron chi connectivity index (χ1n) is 6.60. The average Bonchev–Trinajstić information content (AvgIpc) is 2.98. The van der Waals surface area contributed by atoms with Gasteiger partial charge in [0.1, 0.15) is 11.9 Å². The molecule has 1 aromatic heterocycles. The summed E-state index contributed by atoms with van der Waals surface area (Å²) in [6.07, 6.45) is 0.251. The second-order valence-electron chi connectivity index (χ2n) is 4.69. The van der Waals surface area contributed by atoms with E-state index in [0.717, 1.165) is 5.56 Å². The van der Waals surface area contributed by atoms with Crippen LogP contribution in [-0.4, -0.2) is 10.2 Å². The van der Waals surface area contributed by atoms with Gasteiger partial charge in [-0.2, -0.15) is 0 Å². The molecule has 3 rings (SSSR count). The summed E-state index contributed by atoms with van der Waals surface area (Å²) in [7, 11) is 0. The largest absolute Gasteiger partial charge is 0.423 e. The molecule has 1 unspecified atom stereocenters. The van der Waals surface area contributed by atoms with E-state index in [1.165, 1.54) is 6.07 Å². The predicted octanol–water partition coefficient (Wildman–Crippen LogP) is 2.85. The molecule has 106 valence electrons. The van der Waals surface area contributed by atoms with Gasteiger partial charge in [0.25, 0.3) is 0 Å².